The number of halogens is 1. The third kappa shape index (κ3) is 8.82. The Labute approximate surface area is 44.7 Å². The summed E-state index contributed by atoms with van der Waals surface area (Å²) >= 11 is 0. The van der Waals surface area contributed by atoms with Crippen molar-refractivity contribution in [1.82, 2.24) is 0 Å². The van der Waals surface area contributed by atoms with Crippen molar-refractivity contribution >= 4 is 20.9 Å². The molecule has 0 aliphatic heterocycles. The lowest BCUT2D eigenvalue weighted by Gasteiger charge is -1.82. The molecule has 0 radical (unpaired) electrons. The number of hydrogen-bond acceptors (Lipinski definition) is 2. The maximum absolute atomic E-state index is 9.59. The minimum absolute atomic E-state index is 0. The van der Waals surface area contributed by atoms with Gasteiger partial charge in [-0.1, -0.05) is 0 Å². The second-order valence-corrected chi connectivity index (χ2v) is 2.32. The average molecular weight is 130 g/mol. The zero-order chi connectivity index (χ0) is 4.28. The fourth-order valence-electron chi connectivity index (χ4n) is 0. The van der Waals surface area contributed by atoms with E-state index in [1.807, 2.05) is 0 Å². The molecule has 0 rings (SSSR count). The molecule has 2 nitrogen and oxygen atoms in total. The van der Waals surface area contributed by atoms with Gasteiger partial charge in [0.25, 0.3) is 0 Å². The van der Waals surface area contributed by atoms with Crippen LogP contribution in [0, 0.1) is 0 Å². The van der Waals surface area contributed by atoms with Gasteiger partial charge < -0.3 is 10.3 Å². The minimum atomic E-state index is -0.741. The van der Waals surface area contributed by atoms with Crippen LogP contribution in [0.4, 0.5) is 0 Å². The van der Waals surface area contributed by atoms with Crippen LogP contribution >= 0.6 is 20.9 Å². The third-order valence-electron chi connectivity index (χ3n) is 0.215. The Balaban J connectivity index is 0. The molecule has 0 amide bonds. The molecular formula is C2H9ClNOP. The van der Waals surface area contributed by atoms with Crippen LogP contribution in [-0.2, 0) is 4.57 Å². The Morgan fingerprint density at radius 3 is 2.00 bits per heavy atom. The van der Waals surface area contributed by atoms with E-state index in [-0.39, 0.29) is 18.2 Å². The van der Waals surface area contributed by atoms with Gasteiger partial charge in [0.2, 0.25) is 0 Å². The van der Waals surface area contributed by atoms with Gasteiger partial charge in [-0.25, -0.2) is 0 Å². The zero-order valence-electron chi connectivity index (χ0n) is 3.55. The topological polar surface area (TPSA) is 43.1 Å². The van der Waals surface area contributed by atoms with Gasteiger partial charge in [-0.15, -0.1) is 12.4 Å². The fourth-order valence-corrected chi connectivity index (χ4v) is 0. The van der Waals surface area contributed by atoms with Crippen molar-refractivity contribution in [3.8, 4) is 0 Å². The molecule has 0 bridgehead atoms. The van der Waals surface area contributed by atoms with Crippen molar-refractivity contribution in [2.75, 3.05) is 0 Å². The average Bonchev–Trinajstić information content (AvgIpc) is 1.38. The summed E-state index contributed by atoms with van der Waals surface area (Å²) in [6.07, 6.45) is 0. The summed E-state index contributed by atoms with van der Waals surface area (Å²) in [6.45, 7) is 1.72. The smallest absolute Gasteiger partial charge is 0.0801 e. The number of hydrogen-bond donors (Lipinski definition) is 1. The lowest BCUT2D eigenvalue weighted by Crippen LogP contribution is -2.03. The first-order valence-electron chi connectivity index (χ1n) is 1.48. The first kappa shape index (κ1) is 9.70. The monoisotopic (exact) mass is 129 g/mol. The van der Waals surface area contributed by atoms with Gasteiger partial charge in [0, 0.05) is 0 Å². The van der Waals surface area contributed by atoms with Crippen LogP contribution in [0.5, 0.6) is 0 Å². The Kier molecular flexibility index (Phi) is 8.86. The highest BCUT2D eigenvalue weighted by Gasteiger charge is 1.77. The molecule has 4 heteroatoms. The van der Waals surface area contributed by atoms with Crippen molar-refractivity contribution in [2.24, 2.45) is 5.73 Å². The first-order valence-corrected chi connectivity index (χ1v) is 2.62. The molecule has 0 aromatic carbocycles. The lowest BCUT2D eigenvalue weighted by molar-refractivity contribution is 0.593. The van der Waals surface area contributed by atoms with Crippen molar-refractivity contribution in [3.05, 3.63) is 0 Å². The van der Waals surface area contributed by atoms with Crippen LogP contribution < -0.4 is 5.73 Å². The van der Waals surface area contributed by atoms with Crippen molar-refractivity contribution < 1.29 is 4.57 Å². The lowest BCUT2D eigenvalue weighted by atomic mass is 10.8. The Bertz CT molecular complexity index is 40.5. The van der Waals surface area contributed by atoms with Crippen LogP contribution in [0.15, 0.2) is 0 Å². The highest BCUT2D eigenvalue weighted by molar-refractivity contribution is 7.24. The van der Waals surface area contributed by atoms with E-state index >= 15 is 0 Å². The van der Waals surface area contributed by atoms with Crippen LogP contribution in [0.3, 0.4) is 0 Å². The van der Waals surface area contributed by atoms with Gasteiger partial charge in [-0.05, 0) is 6.92 Å². The molecular weight excluding hydrogens is 120 g/mol. The van der Waals surface area contributed by atoms with Crippen molar-refractivity contribution in [1.29, 1.82) is 0 Å². The van der Waals surface area contributed by atoms with Gasteiger partial charge in [0.15, 0.2) is 0 Å². The van der Waals surface area contributed by atoms with Gasteiger partial charge in [-0.3, -0.25) is 0 Å². The van der Waals surface area contributed by atoms with Crippen LogP contribution in [-0.4, -0.2) is 5.78 Å². The van der Waals surface area contributed by atoms with E-state index in [1.165, 1.54) is 0 Å². The summed E-state index contributed by atoms with van der Waals surface area (Å²) in [5.74, 6) is -0.0880. The number of rotatable bonds is 1. The molecule has 0 aromatic rings. The fraction of sp³-hybridized carbons (Fsp3) is 1.00. The third-order valence-corrected chi connectivity index (χ3v) is 0.644. The second-order valence-electron chi connectivity index (χ2n) is 0.995. The van der Waals surface area contributed by atoms with Crippen LogP contribution in [0.25, 0.3) is 0 Å². The quantitative estimate of drug-likeness (QED) is 0.523. The Hall–Kier alpha value is 0.480. The standard InChI is InChI=1S/C2H8NOP.ClH/c1-2(3)5-4;/h2H,3,5H2,1H3;1H. The van der Waals surface area contributed by atoms with Gasteiger partial charge in [0.1, 0.15) is 0 Å². The molecule has 0 aliphatic carbocycles. The maximum Gasteiger partial charge on any atom is 0.0801 e. The van der Waals surface area contributed by atoms with E-state index in [2.05, 4.69) is 0 Å². The summed E-state index contributed by atoms with van der Waals surface area (Å²) < 4.78 is 9.59. The van der Waals surface area contributed by atoms with E-state index in [9.17, 15) is 4.57 Å². The summed E-state index contributed by atoms with van der Waals surface area (Å²) in [6, 6.07) is 0. The second kappa shape index (κ2) is 5.48. The molecule has 0 heterocycles. The highest BCUT2D eigenvalue weighted by Crippen LogP contribution is 1.92. The normalized spacial score (nSPS) is 14.3. The molecule has 0 saturated carbocycles. The summed E-state index contributed by atoms with van der Waals surface area (Å²) in [5.41, 5.74) is 5.02. The van der Waals surface area contributed by atoms with E-state index < -0.39 is 8.46 Å². The zero-order valence-corrected chi connectivity index (χ0v) is 5.52. The van der Waals surface area contributed by atoms with E-state index in [1.54, 1.807) is 6.92 Å². The Morgan fingerprint density at radius 2 is 2.00 bits per heavy atom. The first-order chi connectivity index (χ1) is 2.27. The van der Waals surface area contributed by atoms with Crippen LogP contribution in [0.2, 0.25) is 0 Å². The van der Waals surface area contributed by atoms with Gasteiger partial charge in [-0.2, -0.15) is 0 Å². The van der Waals surface area contributed by atoms with E-state index in [4.69, 9.17) is 5.73 Å². The molecule has 6 heavy (non-hydrogen) atoms. The van der Waals surface area contributed by atoms with Gasteiger partial charge in [0.05, 0.1) is 14.2 Å². The molecule has 40 valence electrons. The number of nitrogens with two attached hydrogens (primary N) is 1. The molecule has 2 atom stereocenters. The molecule has 0 saturated heterocycles. The molecule has 0 aliphatic rings. The molecule has 2 unspecified atom stereocenters. The van der Waals surface area contributed by atoms with Crippen molar-refractivity contribution in [3.63, 3.8) is 0 Å². The molecule has 0 aromatic heterocycles. The summed E-state index contributed by atoms with van der Waals surface area (Å²) in [4.78, 5) is 0. The van der Waals surface area contributed by atoms with E-state index in [0.717, 1.165) is 0 Å². The predicted molar refractivity (Wildman–Crippen MR) is 31.3 cm³/mol. The largest absolute Gasteiger partial charge is 0.329 e. The minimum Gasteiger partial charge on any atom is -0.329 e. The van der Waals surface area contributed by atoms with Gasteiger partial charge >= 0.3 is 0 Å². The predicted octanol–water partition coefficient (Wildman–Crippen LogP) is 0.469. The molecule has 0 fully saturated rings. The SMILES string of the molecule is CC(N)[PH2]=O.Cl. The molecule has 0 spiro atoms. The van der Waals surface area contributed by atoms with Crippen LogP contribution in [0.1, 0.15) is 6.92 Å². The molecule has 2 N–H and O–H groups in total. The highest BCUT2D eigenvalue weighted by atomic mass is 35.5. The summed E-state index contributed by atoms with van der Waals surface area (Å²) in [7, 11) is -0.741. The summed E-state index contributed by atoms with van der Waals surface area (Å²) in [5, 5.41) is 0. The Morgan fingerprint density at radius 1 is 1.83 bits per heavy atom. The van der Waals surface area contributed by atoms with Crippen molar-refractivity contribution in [2.45, 2.75) is 12.7 Å². The maximum atomic E-state index is 9.59. The van der Waals surface area contributed by atoms with E-state index in [0.29, 0.717) is 0 Å².